The zero-order valence-electron chi connectivity index (χ0n) is 11.5. The Kier molecular flexibility index (Phi) is 4.83. The second-order valence-electron chi connectivity index (χ2n) is 6.17. The summed E-state index contributed by atoms with van der Waals surface area (Å²) in [5, 5.41) is 3.47. The molecule has 2 rings (SSSR count). The van der Waals surface area contributed by atoms with Gasteiger partial charge in [-0.25, -0.2) is 0 Å². The molecule has 0 bridgehead atoms. The fourth-order valence-electron chi connectivity index (χ4n) is 3.52. The second-order valence-corrected chi connectivity index (χ2v) is 6.17. The summed E-state index contributed by atoms with van der Waals surface area (Å²) in [5.41, 5.74) is 0.414. The van der Waals surface area contributed by atoms with Gasteiger partial charge in [-0.3, -0.25) is 0 Å². The van der Waals surface area contributed by atoms with Crippen LogP contribution in [0.25, 0.3) is 0 Å². The van der Waals surface area contributed by atoms with Gasteiger partial charge in [0.15, 0.2) is 0 Å². The molecule has 0 aromatic heterocycles. The Bertz CT molecular complexity index is 221. The Morgan fingerprint density at radius 3 is 2.76 bits per heavy atom. The standard InChI is InChI=1S/C14H28N2O/c1-13-4-3-9-16(10-13)11-14(12-17-2)5-7-15-8-6-14/h13,15H,3-12H2,1-2H3. The van der Waals surface area contributed by atoms with Crippen molar-refractivity contribution >= 4 is 0 Å². The van der Waals surface area contributed by atoms with Crippen molar-refractivity contribution in [1.82, 2.24) is 10.2 Å². The molecular formula is C14H28N2O. The third-order valence-electron chi connectivity index (χ3n) is 4.41. The molecule has 0 aromatic carbocycles. The minimum absolute atomic E-state index is 0.414. The average molecular weight is 240 g/mol. The molecule has 0 spiro atoms. The minimum atomic E-state index is 0.414. The van der Waals surface area contributed by atoms with Crippen molar-refractivity contribution in [2.24, 2.45) is 11.3 Å². The van der Waals surface area contributed by atoms with Crippen LogP contribution in [-0.2, 0) is 4.74 Å². The van der Waals surface area contributed by atoms with Crippen molar-refractivity contribution in [3.8, 4) is 0 Å². The van der Waals surface area contributed by atoms with E-state index in [2.05, 4.69) is 17.1 Å². The first-order valence-corrected chi connectivity index (χ1v) is 7.16. The summed E-state index contributed by atoms with van der Waals surface area (Å²) in [6.07, 6.45) is 5.33. The number of ether oxygens (including phenoxy) is 1. The van der Waals surface area contributed by atoms with E-state index in [0.29, 0.717) is 5.41 Å². The van der Waals surface area contributed by atoms with Crippen LogP contribution < -0.4 is 5.32 Å². The van der Waals surface area contributed by atoms with E-state index in [1.54, 1.807) is 0 Å². The zero-order chi connectivity index (χ0) is 12.1. The summed E-state index contributed by atoms with van der Waals surface area (Å²) in [5.74, 6) is 0.880. The molecule has 2 aliphatic rings. The summed E-state index contributed by atoms with van der Waals surface area (Å²) in [7, 11) is 1.85. The first-order chi connectivity index (χ1) is 8.24. The van der Waals surface area contributed by atoms with Gasteiger partial charge in [0, 0.05) is 25.6 Å². The zero-order valence-corrected chi connectivity index (χ0v) is 11.5. The number of likely N-dealkylation sites (tertiary alicyclic amines) is 1. The van der Waals surface area contributed by atoms with Crippen LogP contribution in [0.4, 0.5) is 0 Å². The number of piperidine rings is 2. The van der Waals surface area contributed by atoms with Crippen molar-refractivity contribution in [2.45, 2.75) is 32.6 Å². The van der Waals surface area contributed by atoms with Gasteiger partial charge < -0.3 is 15.0 Å². The van der Waals surface area contributed by atoms with E-state index in [0.717, 1.165) is 25.6 Å². The van der Waals surface area contributed by atoms with Gasteiger partial charge in [-0.15, -0.1) is 0 Å². The Hall–Kier alpha value is -0.120. The van der Waals surface area contributed by atoms with Gasteiger partial charge in [0.05, 0.1) is 6.61 Å². The van der Waals surface area contributed by atoms with Crippen molar-refractivity contribution in [3.63, 3.8) is 0 Å². The largest absolute Gasteiger partial charge is 0.384 e. The van der Waals surface area contributed by atoms with Crippen LogP contribution in [0, 0.1) is 11.3 Å². The van der Waals surface area contributed by atoms with E-state index >= 15 is 0 Å². The number of nitrogens with one attached hydrogen (secondary N) is 1. The molecule has 3 heteroatoms. The predicted molar refractivity (Wildman–Crippen MR) is 71.3 cm³/mol. The SMILES string of the molecule is COCC1(CN2CCCC(C)C2)CCNCC1. The summed E-state index contributed by atoms with van der Waals surface area (Å²) < 4.78 is 5.50. The molecule has 3 nitrogen and oxygen atoms in total. The summed E-state index contributed by atoms with van der Waals surface area (Å²) in [4.78, 5) is 2.68. The maximum Gasteiger partial charge on any atom is 0.0531 e. The molecule has 1 atom stereocenters. The number of hydrogen-bond acceptors (Lipinski definition) is 3. The fraction of sp³-hybridized carbons (Fsp3) is 1.00. The molecule has 2 aliphatic heterocycles. The highest BCUT2D eigenvalue weighted by Gasteiger charge is 2.34. The Morgan fingerprint density at radius 1 is 1.35 bits per heavy atom. The molecule has 0 radical (unpaired) electrons. The number of methoxy groups -OCH3 is 1. The van der Waals surface area contributed by atoms with Crippen LogP contribution in [0.2, 0.25) is 0 Å². The first-order valence-electron chi connectivity index (χ1n) is 7.16. The lowest BCUT2D eigenvalue weighted by Gasteiger charge is -2.43. The van der Waals surface area contributed by atoms with Gasteiger partial charge in [-0.2, -0.15) is 0 Å². The number of rotatable bonds is 4. The highest BCUT2D eigenvalue weighted by molar-refractivity contribution is 4.88. The van der Waals surface area contributed by atoms with Crippen molar-refractivity contribution in [3.05, 3.63) is 0 Å². The highest BCUT2D eigenvalue weighted by atomic mass is 16.5. The molecule has 1 unspecified atom stereocenters. The van der Waals surface area contributed by atoms with Gasteiger partial charge in [0.1, 0.15) is 0 Å². The molecule has 0 saturated carbocycles. The van der Waals surface area contributed by atoms with Gasteiger partial charge in [-0.1, -0.05) is 6.92 Å². The van der Waals surface area contributed by atoms with Crippen LogP contribution in [-0.4, -0.2) is 51.3 Å². The number of hydrogen-bond donors (Lipinski definition) is 1. The monoisotopic (exact) mass is 240 g/mol. The van der Waals surface area contributed by atoms with Gasteiger partial charge in [-0.05, 0) is 51.2 Å². The van der Waals surface area contributed by atoms with Crippen molar-refractivity contribution in [1.29, 1.82) is 0 Å². The molecule has 0 aliphatic carbocycles. The molecule has 17 heavy (non-hydrogen) atoms. The third-order valence-corrected chi connectivity index (χ3v) is 4.41. The Labute approximate surface area is 106 Å². The van der Waals surface area contributed by atoms with Gasteiger partial charge >= 0.3 is 0 Å². The van der Waals surface area contributed by atoms with E-state index in [1.165, 1.54) is 45.3 Å². The van der Waals surface area contributed by atoms with Crippen LogP contribution >= 0.6 is 0 Å². The summed E-state index contributed by atoms with van der Waals surface area (Å²) >= 11 is 0. The fourth-order valence-corrected chi connectivity index (χ4v) is 3.52. The van der Waals surface area contributed by atoms with Gasteiger partial charge in [0.25, 0.3) is 0 Å². The smallest absolute Gasteiger partial charge is 0.0531 e. The molecule has 100 valence electrons. The second kappa shape index (κ2) is 6.17. The van der Waals surface area contributed by atoms with Crippen molar-refractivity contribution in [2.75, 3.05) is 46.4 Å². The van der Waals surface area contributed by atoms with Crippen LogP contribution in [0.1, 0.15) is 32.6 Å². The third kappa shape index (κ3) is 3.67. The Morgan fingerprint density at radius 2 is 2.12 bits per heavy atom. The lowest BCUT2D eigenvalue weighted by molar-refractivity contribution is 0.0124. The first kappa shape index (κ1) is 13.3. The van der Waals surface area contributed by atoms with Crippen LogP contribution in [0.3, 0.4) is 0 Å². The van der Waals surface area contributed by atoms with E-state index in [-0.39, 0.29) is 0 Å². The quantitative estimate of drug-likeness (QED) is 0.810. The highest BCUT2D eigenvalue weighted by Crippen LogP contribution is 2.31. The molecule has 1 N–H and O–H groups in total. The summed E-state index contributed by atoms with van der Waals surface area (Å²) in [6.45, 7) is 9.46. The van der Waals surface area contributed by atoms with E-state index in [9.17, 15) is 0 Å². The molecule has 2 fully saturated rings. The summed E-state index contributed by atoms with van der Waals surface area (Å²) in [6, 6.07) is 0. The molecule has 2 heterocycles. The lowest BCUT2D eigenvalue weighted by Crippen LogP contribution is -2.49. The Balaban J connectivity index is 1.91. The van der Waals surface area contributed by atoms with E-state index in [1.807, 2.05) is 7.11 Å². The topological polar surface area (TPSA) is 24.5 Å². The predicted octanol–water partition coefficient (Wildman–Crippen LogP) is 1.73. The lowest BCUT2D eigenvalue weighted by atomic mass is 9.78. The van der Waals surface area contributed by atoms with E-state index < -0.39 is 0 Å². The normalized spacial score (nSPS) is 30.4. The number of nitrogens with zero attached hydrogens (tertiary/aromatic N) is 1. The molecule has 0 amide bonds. The van der Waals surface area contributed by atoms with Crippen LogP contribution in [0.5, 0.6) is 0 Å². The molecule has 0 aromatic rings. The van der Waals surface area contributed by atoms with Gasteiger partial charge in [0.2, 0.25) is 0 Å². The minimum Gasteiger partial charge on any atom is -0.384 e. The van der Waals surface area contributed by atoms with Crippen LogP contribution in [0.15, 0.2) is 0 Å². The maximum absolute atomic E-state index is 5.50. The molecule has 2 saturated heterocycles. The maximum atomic E-state index is 5.50. The van der Waals surface area contributed by atoms with E-state index in [4.69, 9.17) is 4.74 Å². The molecular weight excluding hydrogens is 212 g/mol. The average Bonchev–Trinajstić information content (AvgIpc) is 2.30. The van der Waals surface area contributed by atoms with Crippen molar-refractivity contribution < 1.29 is 4.74 Å².